The van der Waals surface area contributed by atoms with Gasteiger partial charge in [-0.3, -0.25) is 4.79 Å². The molecule has 5 nitrogen and oxygen atoms in total. The third kappa shape index (κ3) is 4.67. The Morgan fingerprint density at radius 1 is 1.15 bits per heavy atom. The number of anilines is 1. The van der Waals surface area contributed by atoms with E-state index in [4.69, 9.17) is 9.47 Å². The molecular formula is C20H19BrN2O3S. The van der Waals surface area contributed by atoms with Crippen molar-refractivity contribution in [2.45, 2.75) is 13.3 Å². The van der Waals surface area contributed by atoms with E-state index in [1.165, 1.54) is 11.3 Å². The maximum atomic E-state index is 12.3. The minimum atomic E-state index is -0.102. The van der Waals surface area contributed by atoms with Gasteiger partial charge in [-0.15, -0.1) is 11.3 Å². The fraction of sp³-hybridized carbons (Fsp3) is 0.200. The highest BCUT2D eigenvalue weighted by molar-refractivity contribution is 9.10. The Morgan fingerprint density at radius 2 is 1.93 bits per heavy atom. The second kappa shape index (κ2) is 8.54. The quantitative estimate of drug-likeness (QED) is 0.573. The van der Waals surface area contributed by atoms with Gasteiger partial charge in [-0.1, -0.05) is 22.0 Å². The molecule has 0 saturated heterocycles. The Balaban J connectivity index is 1.70. The number of benzene rings is 2. The van der Waals surface area contributed by atoms with Crippen LogP contribution in [0.2, 0.25) is 0 Å². The fourth-order valence-corrected chi connectivity index (χ4v) is 3.73. The second-order valence-corrected chi connectivity index (χ2v) is 7.62. The topological polar surface area (TPSA) is 60.5 Å². The minimum Gasteiger partial charge on any atom is -0.493 e. The first-order chi connectivity index (χ1) is 13.0. The number of nitrogens with one attached hydrogen (secondary N) is 1. The largest absolute Gasteiger partial charge is 0.493 e. The molecule has 7 heteroatoms. The molecule has 1 heterocycles. The lowest BCUT2D eigenvalue weighted by atomic mass is 10.2. The summed E-state index contributed by atoms with van der Waals surface area (Å²) >= 11 is 4.97. The molecule has 2 aromatic carbocycles. The normalized spacial score (nSPS) is 10.5. The van der Waals surface area contributed by atoms with Crippen molar-refractivity contribution in [1.29, 1.82) is 0 Å². The summed E-state index contributed by atoms with van der Waals surface area (Å²) in [6.45, 7) is 2.00. The zero-order valence-electron chi connectivity index (χ0n) is 15.2. The Hall–Kier alpha value is -2.38. The SMILES string of the molecule is COc1ccc(-c2nc(CC(=O)Nc3ccc(C)c(Br)c3)cs2)cc1OC. The lowest BCUT2D eigenvalue weighted by molar-refractivity contribution is -0.115. The molecular weight excluding hydrogens is 428 g/mol. The van der Waals surface area contributed by atoms with E-state index in [0.29, 0.717) is 11.5 Å². The molecule has 27 heavy (non-hydrogen) atoms. The van der Waals surface area contributed by atoms with Crippen LogP contribution in [0.3, 0.4) is 0 Å². The van der Waals surface area contributed by atoms with Gasteiger partial charge >= 0.3 is 0 Å². The molecule has 0 radical (unpaired) electrons. The van der Waals surface area contributed by atoms with Gasteiger partial charge in [0, 0.05) is 21.1 Å². The number of halogens is 1. The maximum Gasteiger partial charge on any atom is 0.230 e. The van der Waals surface area contributed by atoms with E-state index in [9.17, 15) is 4.79 Å². The molecule has 3 aromatic rings. The van der Waals surface area contributed by atoms with E-state index in [0.717, 1.165) is 32.0 Å². The van der Waals surface area contributed by atoms with Crippen LogP contribution in [0.4, 0.5) is 5.69 Å². The van der Waals surface area contributed by atoms with Crippen molar-refractivity contribution in [1.82, 2.24) is 4.98 Å². The summed E-state index contributed by atoms with van der Waals surface area (Å²) in [4.78, 5) is 16.9. The van der Waals surface area contributed by atoms with Crippen molar-refractivity contribution in [3.8, 4) is 22.1 Å². The minimum absolute atomic E-state index is 0.102. The Bertz CT molecular complexity index is 972. The smallest absolute Gasteiger partial charge is 0.230 e. The molecule has 0 aliphatic heterocycles. The van der Waals surface area contributed by atoms with Crippen LogP contribution in [0.5, 0.6) is 11.5 Å². The fourth-order valence-electron chi connectivity index (χ4n) is 2.53. The maximum absolute atomic E-state index is 12.3. The molecule has 0 aliphatic rings. The van der Waals surface area contributed by atoms with E-state index in [1.54, 1.807) is 14.2 Å². The van der Waals surface area contributed by atoms with Crippen LogP contribution in [0.25, 0.3) is 10.6 Å². The Labute approximate surface area is 170 Å². The highest BCUT2D eigenvalue weighted by Gasteiger charge is 2.12. The molecule has 140 valence electrons. The van der Waals surface area contributed by atoms with Crippen LogP contribution >= 0.6 is 27.3 Å². The number of aromatic nitrogens is 1. The number of hydrogen-bond acceptors (Lipinski definition) is 5. The number of methoxy groups -OCH3 is 2. The summed E-state index contributed by atoms with van der Waals surface area (Å²) in [5, 5.41) is 5.63. The molecule has 0 atom stereocenters. The van der Waals surface area contributed by atoms with Crippen molar-refractivity contribution < 1.29 is 14.3 Å². The van der Waals surface area contributed by atoms with Gasteiger partial charge in [-0.25, -0.2) is 4.98 Å². The van der Waals surface area contributed by atoms with Crippen LogP contribution in [0.1, 0.15) is 11.3 Å². The molecule has 0 spiro atoms. The van der Waals surface area contributed by atoms with Gasteiger partial charge in [0.15, 0.2) is 11.5 Å². The molecule has 0 bridgehead atoms. The zero-order valence-corrected chi connectivity index (χ0v) is 17.6. The molecule has 3 rings (SSSR count). The van der Waals surface area contributed by atoms with Crippen LogP contribution < -0.4 is 14.8 Å². The van der Waals surface area contributed by atoms with Crippen LogP contribution in [0, 0.1) is 6.92 Å². The number of hydrogen-bond donors (Lipinski definition) is 1. The molecule has 0 aliphatic carbocycles. The van der Waals surface area contributed by atoms with Crippen molar-refractivity contribution in [3.63, 3.8) is 0 Å². The van der Waals surface area contributed by atoms with Crippen molar-refractivity contribution in [2.24, 2.45) is 0 Å². The number of aryl methyl sites for hydroxylation is 1. The number of nitrogens with zero attached hydrogens (tertiary/aromatic N) is 1. The molecule has 1 aromatic heterocycles. The number of carbonyl (C=O) groups excluding carboxylic acids is 1. The van der Waals surface area contributed by atoms with Gasteiger partial charge < -0.3 is 14.8 Å². The summed E-state index contributed by atoms with van der Waals surface area (Å²) in [6, 6.07) is 11.4. The molecule has 1 N–H and O–H groups in total. The number of rotatable bonds is 6. The number of thiazole rings is 1. The van der Waals surface area contributed by atoms with Gasteiger partial charge in [-0.2, -0.15) is 0 Å². The third-order valence-corrected chi connectivity index (χ3v) is 5.77. The average molecular weight is 447 g/mol. The predicted molar refractivity (Wildman–Crippen MR) is 112 cm³/mol. The van der Waals surface area contributed by atoms with Crippen LogP contribution in [-0.4, -0.2) is 25.1 Å². The lowest BCUT2D eigenvalue weighted by Gasteiger charge is -2.08. The first-order valence-electron chi connectivity index (χ1n) is 8.23. The molecule has 1 amide bonds. The number of ether oxygens (including phenoxy) is 2. The molecule has 0 unspecified atom stereocenters. The van der Waals surface area contributed by atoms with E-state index in [-0.39, 0.29) is 12.3 Å². The van der Waals surface area contributed by atoms with E-state index in [1.807, 2.05) is 48.7 Å². The van der Waals surface area contributed by atoms with E-state index < -0.39 is 0 Å². The van der Waals surface area contributed by atoms with Gasteiger partial charge in [0.05, 0.1) is 26.3 Å². The van der Waals surface area contributed by atoms with Gasteiger partial charge in [-0.05, 0) is 42.8 Å². The zero-order chi connectivity index (χ0) is 19.4. The summed E-state index contributed by atoms with van der Waals surface area (Å²) in [6.07, 6.45) is 0.218. The van der Waals surface area contributed by atoms with E-state index >= 15 is 0 Å². The van der Waals surface area contributed by atoms with E-state index in [2.05, 4.69) is 26.2 Å². The first-order valence-corrected chi connectivity index (χ1v) is 9.90. The standard InChI is InChI=1S/C20H19BrN2O3S/c1-12-4-6-14(9-16(12)21)22-19(24)10-15-11-27-20(23-15)13-5-7-17(25-2)18(8-13)26-3/h4-9,11H,10H2,1-3H3,(H,22,24). The highest BCUT2D eigenvalue weighted by atomic mass is 79.9. The van der Waals surface area contributed by atoms with Crippen molar-refractivity contribution in [2.75, 3.05) is 19.5 Å². The number of carbonyl (C=O) groups is 1. The Morgan fingerprint density at radius 3 is 2.63 bits per heavy atom. The van der Waals surface area contributed by atoms with Crippen molar-refractivity contribution in [3.05, 3.63) is 57.5 Å². The van der Waals surface area contributed by atoms with Gasteiger partial charge in [0.2, 0.25) is 5.91 Å². The molecule has 0 fully saturated rings. The van der Waals surface area contributed by atoms with Gasteiger partial charge in [0.25, 0.3) is 0 Å². The summed E-state index contributed by atoms with van der Waals surface area (Å²) in [5.74, 6) is 1.21. The number of amides is 1. The Kier molecular flexibility index (Phi) is 6.13. The molecule has 0 saturated carbocycles. The summed E-state index contributed by atoms with van der Waals surface area (Å²) < 4.78 is 11.6. The van der Waals surface area contributed by atoms with Crippen LogP contribution in [0.15, 0.2) is 46.3 Å². The summed E-state index contributed by atoms with van der Waals surface area (Å²) in [5.41, 5.74) is 3.53. The predicted octanol–water partition coefficient (Wildman–Crippen LogP) is 5.08. The van der Waals surface area contributed by atoms with Gasteiger partial charge in [0.1, 0.15) is 5.01 Å². The first kappa shape index (κ1) is 19.4. The second-order valence-electron chi connectivity index (χ2n) is 5.90. The monoisotopic (exact) mass is 446 g/mol. The average Bonchev–Trinajstić information content (AvgIpc) is 3.12. The summed E-state index contributed by atoms with van der Waals surface area (Å²) in [7, 11) is 3.20. The third-order valence-electron chi connectivity index (χ3n) is 3.98. The lowest BCUT2D eigenvalue weighted by Crippen LogP contribution is -2.14. The highest BCUT2D eigenvalue weighted by Crippen LogP contribution is 2.33. The van der Waals surface area contributed by atoms with Crippen LogP contribution in [-0.2, 0) is 11.2 Å². The van der Waals surface area contributed by atoms with Crippen molar-refractivity contribution >= 4 is 38.9 Å².